The van der Waals surface area contributed by atoms with Crippen LogP contribution in [0.3, 0.4) is 0 Å². The molecule has 0 aliphatic carbocycles. The van der Waals surface area contributed by atoms with Crippen LogP contribution in [0.4, 0.5) is 24.5 Å². The maximum atomic E-state index is 13.9. The Balaban J connectivity index is 2.41. The Labute approximate surface area is 133 Å². The number of nitrogens with two attached hydrogens (primary N) is 1. The van der Waals surface area contributed by atoms with E-state index in [1.807, 2.05) is 0 Å². The summed E-state index contributed by atoms with van der Waals surface area (Å²) in [4.78, 5) is -0.258. The highest BCUT2D eigenvalue weighted by Crippen LogP contribution is 2.30. The van der Waals surface area contributed by atoms with Crippen LogP contribution in [-0.2, 0) is 0 Å². The van der Waals surface area contributed by atoms with Crippen LogP contribution in [0.2, 0.25) is 10.0 Å². The van der Waals surface area contributed by atoms with Crippen LogP contribution in [0.15, 0.2) is 24.3 Å². The van der Waals surface area contributed by atoms with Crippen LogP contribution in [0.5, 0.6) is 0 Å². The standard InChI is InChI=1S/C13H7Cl2F3N2S/c14-7-3-5(4-8(15)11(7)17)20-9-2-1-6(13(19)21)10(16)12(9)18/h1-4,20H,(H2,19,21). The lowest BCUT2D eigenvalue weighted by molar-refractivity contribution is 0.510. The van der Waals surface area contributed by atoms with Crippen molar-refractivity contribution in [3.8, 4) is 0 Å². The number of anilines is 2. The third-order valence-electron chi connectivity index (χ3n) is 2.61. The second-order valence-corrected chi connectivity index (χ2v) is 5.29. The Hall–Kier alpha value is -1.50. The van der Waals surface area contributed by atoms with Crippen LogP contribution in [0.1, 0.15) is 5.56 Å². The van der Waals surface area contributed by atoms with Gasteiger partial charge in [0.05, 0.1) is 15.7 Å². The molecule has 0 aliphatic rings. The van der Waals surface area contributed by atoms with E-state index in [4.69, 9.17) is 28.9 Å². The third-order valence-corrected chi connectivity index (χ3v) is 3.38. The lowest BCUT2D eigenvalue weighted by Gasteiger charge is -2.11. The molecule has 2 aromatic carbocycles. The van der Waals surface area contributed by atoms with E-state index >= 15 is 0 Å². The molecule has 110 valence electrons. The SMILES string of the molecule is NC(=S)c1ccc(Nc2cc(Cl)c(F)c(Cl)c2)c(F)c1F. The lowest BCUT2D eigenvalue weighted by atomic mass is 10.1. The van der Waals surface area contributed by atoms with Gasteiger partial charge in [-0.25, -0.2) is 13.2 Å². The molecule has 0 radical (unpaired) electrons. The normalized spacial score (nSPS) is 10.5. The topological polar surface area (TPSA) is 38.0 Å². The molecule has 0 amide bonds. The summed E-state index contributed by atoms with van der Waals surface area (Å²) >= 11 is 15.8. The summed E-state index contributed by atoms with van der Waals surface area (Å²) in [6.07, 6.45) is 0. The Bertz CT molecular complexity index is 715. The minimum atomic E-state index is -1.17. The maximum absolute atomic E-state index is 13.9. The molecule has 0 aromatic heterocycles. The number of thiocarbonyl (C=S) groups is 1. The van der Waals surface area contributed by atoms with E-state index < -0.39 is 17.5 Å². The molecule has 2 rings (SSSR count). The van der Waals surface area contributed by atoms with Crippen LogP contribution in [-0.4, -0.2) is 4.99 Å². The van der Waals surface area contributed by atoms with Gasteiger partial charge in [-0.15, -0.1) is 0 Å². The van der Waals surface area contributed by atoms with E-state index in [0.717, 1.165) is 0 Å². The zero-order chi connectivity index (χ0) is 15.7. The number of hydrogen-bond acceptors (Lipinski definition) is 2. The van der Waals surface area contributed by atoms with Gasteiger partial charge >= 0.3 is 0 Å². The second kappa shape index (κ2) is 6.09. The van der Waals surface area contributed by atoms with Gasteiger partial charge in [-0.1, -0.05) is 35.4 Å². The summed E-state index contributed by atoms with van der Waals surface area (Å²) in [5.41, 5.74) is 5.08. The molecule has 0 saturated heterocycles. The highest BCUT2D eigenvalue weighted by molar-refractivity contribution is 7.80. The van der Waals surface area contributed by atoms with Crippen molar-refractivity contribution in [2.24, 2.45) is 5.73 Å². The van der Waals surface area contributed by atoms with Gasteiger partial charge in [0.15, 0.2) is 17.5 Å². The zero-order valence-corrected chi connectivity index (χ0v) is 12.5. The van der Waals surface area contributed by atoms with Crippen LogP contribution < -0.4 is 11.1 Å². The molecule has 3 N–H and O–H groups in total. The first-order valence-electron chi connectivity index (χ1n) is 5.50. The Morgan fingerprint density at radius 1 is 1.00 bits per heavy atom. The summed E-state index contributed by atoms with van der Waals surface area (Å²) in [7, 11) is 0. The van der Waals surface area contributed by atoms with E-state index in [0.29, 0.717) is 0 Å². The number of hydrogen-bond donors (Lipinski definition) is 2. The number of rotatable bonds is 3. The molecule has 0 unspecified atom stereocenters. The highest BCUT2D eigenvalue weighted by atomic mass is 35.5. The van der Waals surface area contributed by atoms with Gasteiger partial charge in [-0.05, 0) is 24.3 Å². The summed E-state index contributed by atoms with van der Waals surface area (Å²) in [6, 6.07) is 4.87. The monoisotopic (exact) mass is 350 g/mol. The van der Waals surface area contributed by atoms with E-state index in [9.17, 15) is 13.2 Å². The van der Waals surface area contributed by atoms with Gasteiger partial charge in [-0.3, -0.25) is 0 Å². The second-order valence-electron chi connectivity index (χ2n) is 4.03. The summed E-state index contributed by atoms with van der Waals surface area (Å²) in [6.45, 7) is 0. The van der Waals surface area contributed by atoms with Gasteiger partial charge < -0.3 is 11.1 Å². The predicted octanol–water partition coefficient (Wildman–Crippen LogP) is 4.79. The summed E-state index contributed by atoms with van der Waals surface area (Å²) < 4.78 is 40.9. The van der Waals surface area contributed by atoms with Gasteiger partial charge in [0, 0.05) is 11.3 Å². The molecule has 2 nitrogen and oxygen atoms in total. The third kappa shape index (κ3) is 3.23. The molecule has 0 atom stereocenters. The van der Waals surface area contributed by atoms with Crippen molar-refractivity contribution >= 4 is 51.8 Å². The fraction of sp³-hybridized carbons (Fsp3) is 0. The molecule has 0 heterocycles. The lowest BCUT2D eigenvalue weighted by Crippen LogP contribution is -2.13. The fourth-order valence-electron chi connectivity index (χ4n) is 1.62. The Morgan fingerprint density at radius 3 is 2.10 bits per heavy atom. The average molecular weight is 351 g/mol. The molecule has 0 bridgehead atoms. The van der Waals surface area contributed by atoms with E-state index in [1.165, 1.54) is 24.3 Å². The molecular weight excluding hydrogens is 344 g/mol. The Kier molecular flexibility index (Phi) is 4.61. The van der Waals surface area contributed by atoms with Crippen molar-refractivity contribution in [3.63, 3.8) is 0 Å². The molecule has 0 fully saturated rings. The smallest absolute Gasteiger partial charge is 0.182 e. The van der Waals surface area contributed by atoms with Crippen molar-refractivity contribution < 1.29 is 13.2 Å². The predicted molar refractivity (Wildman–Crippen MR) is 81.9 cm³/mol. The highest BCUT2D eigenvalue weighted by Gasteiger charge is 2.16. The summed E-state index contributed by atoms with van der Waals surface area (Å²) in [5.74, 6) is -3.14. The van der Waals surface area contributed by atoms with E-state index in [2.05, 4.69) is 17.5 Å². The van der Waals surface area contributed by atoms with Crippen molar-refractivity contribution in [1.82, 2.24) is 0 Å². The first kappa shape index (κ1) is 15.9. The summed E-state index contributed by atoms with van der Waals surface area (Å²) in [5, 5.41) is 2.06. The van der Waals surface area contributed by atoms with Crippen molar-refractivity contribution in [2.45, 2.75) is 0 Å². The van der Waals surface area contributed by atoms with Crippen LogP contribution >= 0.6 is 35.4 Å². The minimum Gasteiger partial charge on any atom is -0.389 e. The molecule has 0 spiro atoms. The van der Waals surface area contributed by atoms with Gasteiger partial charge in [0.2, 0.25) is 0 Å². The average Bonchev–Trinajstić information content (AvgIpc) is 2.41. The zero-order valence-electron chi connectivity index (χ0n) is 10.2. The molecule has 21 heavy (non-hydrogen) atoms. The van der Waals surface area contributed by atoms with Gasteiger partial charge in [0.25, 0.3) is 0 Å². The number of benzene rings is 2. The fourth-order valence-corrected chi connectivity index (χ4v) is 2.26. The van der Waals surface area contributed by atoms with E-state index in [1.54, 1.807) is 0 Å². The molecule has 0 saturated carbocycles. The Morgan fingerprint density at radius 2 is 1.57 bits per heavy atom. The minimum absolute atomic E-state index is 0.189. The van der Waals surface area contributed by atoms with Gasteiger partial charge in [-0.2, -0.15) is 0 Å². The number of halogens is 5. The first-order valence-corrected chi connectivity index (χ1v) is 6.67. The first-order chi connectivity index (χ1) is 9.81. The quantitative estimate of drug-likeness (QED) is 0.617. The van der Waals surface area contributed by atoms with E-state index in [-0.39, 0.29) is 32.0 Å². The molecule has 8 heteroatoms. The largest absolute Gasteiger partial charge is 0.389 e. The van der Waals surface area contributed by atoms with Crippen molar-refractivity contribution in [3.05, 3.63) is 57.3 Å². The maximum Gasteiger partial charge on any atom is 0.182 e. The van der Waals surface area contributed by atoms with Crippen molar-refractivity contribution in [1.29, 1.82) is 0 Å². The van der Waals surface area contributed by atoms with Crippen LogP contribution in [0.25, 0.3) is 0 Å². The molecule has 2 aromatic rings. The van der Waals surface area contributed by atoms with Gasteiger partial charge in [0.1, 0.15) is 4.99 Å². The van der Waals surface area contributed by atoms with Crippen LogP contribution in [0, 0.1) is 17.5 Å². The molecule has 0 aliphatic heterocycles. The van der Waals surface area contributed by atoms with Crippen molar-refractivity contribution in [2.75, 3.05) is 5.32 Å². The number of nitrogens with one attached hydrogen (secondary N) is 1. The molecular formula is C13H7Cl2F3N2S.